The van der Waals surface area contributed by atoms with Gasteiger partial charge in [-0.05, 0) is 61.2 Å². The molecule has 0 atom stereocenters. The number of benzene rings is 3. The average molecular weight is 510 g/mol. The zero-order valence-electron chi connectivity index (χ0n) is 18.6. The molecule has 7 heteroatoms. The van der Waals surface area contributed by atoms with Crippen LogP contribution in [0.5, 0.6) is 0 Å². The van der Waals surface area contributed by atoms with E-state index >= 15 is 0 Å². The lowest BCUT2D eigenvalue weighted by atomic mass is 9.97. The minimum absolute atomic E-state index is 0. The quantitative estimate of drug-likeness (QED) is 0.211. The van der Waals surface area contributed by atoms with Gasteiger partial charge in [-0.15, -0.1) is 0 Å². The molecular weight excluding hydrogens is 481 g/mol. The van der Waals surface area contributed by atoms with Crippen molar-refractivity contribution in [1.29, 1.82) is 5.41 Å². The van der Waals surface area contributed by atoms with Crippen LogP contribution in [0, 0.1) is 5.41 Å². The number of amidine groups is 1. The number of likely N-dealkylation sites (tertiary alicyclic amines) is 1. The molecule has 5 nitrogen and oxygen atoms in total. The molecule has 0 saturated carbocycles. The van der Waals surface area contributed by atoms with Crippen LogP contribution in [0.2, 0.25) is 10.0 Å². The maximum Gasteiger partial charge on any atom is 0.256 e. The number of anilines is 1. The number of hydrogen-bond acceptors (Lipinski definition) is 3. The smallest absolute Gasteiger partial charge is 0.256 e. The molecule has 1 amide bonds. The first-order chi connectivity index (χ1) is 16.4. The lowest BCUT2D eigenvalue weighted by molar-refractivity contribution is 0.0992. The van der Waals surface area contributed by atoms with Crippen LogP contribution in [0.1, 0.15) is 58.5 Å². The predicted octanol–water partition coefficient (Wildman–Crippen LogP) is 7.12. The van der Waals surface area contributed by atoms with Crippen LogP contribution < -0.4 is 5.32 Å². The standard InChI is InChI=1S/C27H25Cl2N3O2.CH4/c28-21-10-12-23(13-11-21)31-27(34)24-17-22(29)9-8-20(24)16-25(33)18-4-6-19(7-5-18)26(30)32-14-2-1-3-15-32;/h4-13,17,30H,1-3,14-16H2,(H,31,34);1H4. The van der Waals surface area contributed by atoms with Crippen molar-refractivity contribution in [3.05, 3.63) is 99.0 Å². The minimum atomic E-state index is -0.349. The highest BCUT2D eigenvalue weighted by Crippen LogP contribution is 2.21. The number of amides is 1. The van der Waals surface area contributed by atoms with E-state index in [4.69, 9.17) is 28.6 Å². The molecule has 0 spiro atoms. The summed E-state index contributed by atoms with van der Waals surface area (Å²) in [6.45, 7) is 1.80. The molecule has 0 radical (unpaired) electrons. The number of rotatable bonds is 6. The highest BCUT2D eigenvalue weighted by atomic mass is 35.5. The number of piperidine rings is 1. The first kappa shape index (κ1) is 26.5. The summed E-state index contributed by atoms with van der Waals surface area (Å²) in [6.07, 6.45) is 3.48. The van der Waals surface area contributed by atoms with Crippen molar-refractivity contribution in [3.63, 3.8) is 0 Å². The predicted molar refractivity (Wildman–Crippen MR) is 144 cm³/mol. The number of Topliss-reactive ketones (excluding diaryl/α,β-unsaturated/α-hetero) is 1. The second kappa shape index (κ2) is 12.0. The normalized spacial score (nSPS) is 13.0. The Balaban J connectivity index is 0.00000342. The second-order valence-corrected chi connectivity index (χ2v) is 9.21. The van der Waals surface area contributed by atoms with Gasteiger partial charge in [0.2, 0.25) is 0 Å². The number of carbonyl (C=O) groups excluding carboxylic acids is 2. The number of nitrogens with one attached hydrogen (secondary N) is 2. The molecule has 1 heterocycles. The number of halogens is 2. The van der Waals surface area contributed by atoms with Gasteiger partial charge in [-0.1, -0.05) is 61.0 Å². The Morgan fingerprint density at radius 1 is 0.829 bits per heavy atom. The molecule has 2 N–H and O–H groups in total. The van der Waals surface area contributed by atoms with Crippen molar-refractivity contribution in [2.75, 3.05) is 18.4 Å². The lowest BCUT2D eigenvalue weighted by Crippen LogP contribution is -2.35. The van der Waals surface area contributed by atoms with Gasteiger partial charge in [0.05, 0.1) is 0 Å². The molecule has 0 unspecified atom stereocenters. The summed E-state index contributed by atoms with van der Waals surface area (Å²) < 4.78 is 0. The molecule has 3 aromatic rings. The van der Waals surface area contributed by atoms with Gasteiger partial charge >= 0.3 is 0 Å². The molecule has 35 heavy (non-hydrogen) atoms. The molecule has 4 rings (SSSR count). The summed E-state index contributed by atoms with van der Waals surface area (Å²) in [7, 11) is 0. The van der Waals surface area contributed by atoms with E-state index in [0.717, 1.165) is 31.5 Å². The zero-order chi connectivity index (χ0) is 24.1. The maximum atomic E-state index is 13.0. The summed E-state index contributed by atoms with van der Waals surface area (Å²) in [5, 5.41) is 12.3. The zero-order valence-corrected chi connectivity index (χ0v) is 20.1. The number of nitrogens with zero attached hydrogens (tertiary/aromatic N) is 1. The van der Waals surface area contributed by atoms with E-state index in [-0.39, 0.29) is 25.5 Å². The highest BCUT2D eigenvalue weighted by molar-refractivity contribution is 6.31. The van der Waals surface area contributed by atoms with Gasteiger partial charge in [-0.3, -0.25) is 15.0 Å². The van der Waals surface area contributed by atoms with Crippen molar-refractivity contribution in [3.8, 4) is 0 Å². The molecule has 0 aromatic heterocycles. The van der Waals surface area contributed by atoms with Crippen LogP contribution in [0.3, 0.4) is 0 Å². The fraction of sp³-hybridized carbons (Fsp3) is 0.250. The fourth-order valence-corrected chi connectivity index (χ4v) is 4.33. The Kier molecular flexibility index (Phi) is 9.07. The van der Waals surface area contributed by atoms with Gasteiger partial charge in [0.1, 0.15) is 5.84 Å². The van der Waals surface area contributed by atoms with Crippen LogP contribution in [0.15, 0.2) is 66.7 Å². The lowest BCUT2D eigenvalue weighted by Gasteiger charge is -2.29. The van der Waals surface area contributed by atoms with Gasteiger partial charge in [-0.2, -0.15) is 0 Å². The molecule has 182 valence electrons. The van der Waals surface area contributed by atoms with Crippen molar-refractivity contribution < 1.29 is 9.59 Å². The molecule has 0 aliphatic carbocycles. The molecule has 1 saturated heterocycles. The van der Waals surface area contributed by atoms with Crippen molar-refractivity contribution >= 4 is 46.4 Å². The Morgan fingerprint density at radius 3 is 2.09 bits per heavy atom. The van der Waals surface area contributed by atoms with E-state index in [1.54, 1.807) is 54.6 Å². The molecule has 3 aromatic carbocycles. The van der Waals surface area contributed by atoms with Crippen molar-refractivity contribution in [2.45, 2.75) is 33.1 Å². The Hall–Kier alpha value is -3.15. The number of ketones is 1. The molecule has 1 aliphatic rings. The van der Waals surface area contributed by atoms with Crippen molar-refractivity contribution in [2.24, 2.45) is 0 Å². The summed E-state index contributed by atoms with van der Waals surface area (Å²) in [5.74, 6) is 0.0365. The van der Waals surface area contributed by atoms with E-state index in [2.05, 4.69) is 10.2 Å². The monoisotopic (exact) mass is 509 g/mol. The maximum absolute atomic E-state index is 13.0. The van der Waals surface area contributed by atoms with Gasteiger partial charge in [-0.25, -0.2) is 0 Å². The molecular formula is C28H29Cl2N3O2. The summed E-state index contributed by atoms with van der Waals surface area (Å²) in [4.78, 5) is 28.0. The first-order valence-electron chi connectivity index (χ1n) is 11.2. The summed E-state index contributed by atoms with van der Waals surface area (Å²) in [6, 6.07) is 18.9. The van der Waals surface area contributed by atoms with Crippen molar-refractivity contribution in [1.82, 2.24) is 4.90 Å². The summed E-state index contributed by atoms with van der Waals surface area (Å²) in [5.41, 5.74) is 2.87. The number of hydrogen-bond donors (Lipinski definition) is 2. The summed E-state index contributed by atoms with van der Waals surface area (Å²) >= 11 is 12.1. The van der Waals surface area contributed by atoms with E-state index in [1.807, 2.05) is 12.1 Å². The van der Waals surface area contributed by atoms with Crippen LogP contribution in [0.4, 0.5) is 5.69 Å². The third kappa shape index (κ3) is 6.71. The second-order valence-electron chi connectivity index (χ2n) is 8.34. The van der Waals surface area contributed by atoms with Gasteiger partial charge in [0.15, 0.2) is 5.78 Å². The Labute approximate surface area is 216 Å². The average Bonchev–Trinajstić information content (AvgIpc) is 2.86. The van der Waals surface area contributed by atoms with Crippen LogP contribution >= 0.6 is 23.2 Å². The van der Waals surface area contributed by atoms with E-state index in [0.29, 0.717) is 38.3 Å². The van der Waals surface area contributed by atoms with Gasteiger partial charge in [0, 0.05) is 51.9 Å². The highest BCUT2D eigenvalue weighted by Gasteiger charge is 2.18. The largest absolute Gasteiger partial charge is 0.357 e. The first-order valence-corrected chi connectivity index (χ1v) is 12.0. The third-order valence-electron chi connectivity index (χ3n) is 5.92. The van der Waals surface area contributed by atoms with Crippen LogP contribution in [0.25, 0.3) is 0 Å². The SMILES string of the molecule is C.N=C(c1ccc(C(=O)Cc2ccc(Cl)cc2C(=O)Nc2ccc(Cl)cc2)cc1)N1CCCCC1. The van der Waals surface area contributed by atoms with E-state index in [9.17, 15) is 9.59 Å². The molecule has 1 aliphatic heterocycles. The minimum Gasteiger partial charge on any atom is -0.357 e. The topological polar surface area (TPSA) is 73.3 Å². The van der Waals surface area contributed by atoms with Gasteiger partial charge < -0.3 is 10.2 Å². The van der Waals surface area contributed by atoms with E-state index in [1.165, 1.54) is 6.42 Å². The molecule has 0 bridgehead atoms. The van der Waals surface area contributed by atoms with Crippen LogP contribution in [-0.2, 0) is 6.42 Å². The van der Waals surface area contributed by atoms with Gasteiger partial charge in [0.25, 0.3) is 5.91 Å². The Morgan fingerprint density at radius 2 is 1.43 bits per heavy atom. The number of carbonyl (C=O) groups is 2. The van der Waals surface area contributed by atoms with Crippen LogP contribution in [-0.4, -0.2) is 35.5 Å². The fourth-order valence-electron chi connectivity index (χ4n) is 4.03. The molecule has 1 fully saturated rings. The Bertz CT molecular complexity index is 1200. The van der Waals surface area contributed by atoms with E-state index < -0.39 is 0 Å². The third-order valence-corrected chi connectivity index (χ3v) is 6.41.